The predicted octanol–water partition coefficient (Wildman–Crippen LogP) is 3.03. The lowest BCUT2D eigenvalue weighted by atomic mass is 10.2. The Morgan fingerprint density at radius 3 is 2.29 bits per heavy atom. The van der Waals surface area contributed by atoms with Crippen molar-refractivity contribution in [2.45, 2.75) is 25.9 Å². The molecule has 112 valence electrons. The summed E-state index contributed by atoms with van der Waals surface area (Å²) in [5, 5.41) is 13.0. The number of nitrogens with one attached hydrogen (secondary N) is 1. The van der Waals surface area contributed by atoms with Crippen LogP contribution in [0.25, 0.3) is 0 Å². The smallest absolute Gasteiger partial charge is 0.154 e. The van der Waals surface area contributed by atoms with Crippen molar-refractivity contribution >= 4 is 5.69 Å². The van der Waals surface area contributed by atoms with Crippen molar-refractivity contribution in [2.75, 3.05) is 12.4 Å². The molecule has 2 aromatic carbocycles. The number of benzene rings is 2. The van der Waals surface area contributed by atoms with Gasteiger partial charge < -0.3 is 19.9 Å². The molecule has 21 heavy (non-hydrogen) atoms. The van der Waals surface area contributed by atoms with Crippen LogP contribution in [0.3, 0.4) is 0 Å². The maximum Gasteiger partial charge on any atom is 0.154 e. The predicted molar refractivity (Wildman–Crippen MR) is 83.3 cm³/mol. The molecule has 0 radical (unpaired) electrons. The molecule has 2 atom stereocenters. The Kier molecular flexibility index (Phi) is 5.60. The lowest BCUT2D eigenvalue weighted by molar-refractivity contribution is -0.0213. The van der Waals surface area contributed by atoms with Gasteiger partial charge in [-0.05, 0) is 36.8 Å². The van der Waals surface area contributed by atoms with E-state index in [1.807, 2.05) is 54.6 Å². The van der Waals surface area contributed by atoms with Gasteiger partial charge in [0.25, 0.3) is 0 Å². The molecule has 2 rings (SSSR count). The lowest BCUT2D eigenvalue weighted by Gasteiger charge is -2.23. The second-order valence-corrected chi connectivity index (χ2v) is 4.83. The molecule has 0 fully saturated rings. The summed E-state index contributed by atoms with van der Waals surface area (Å²) < 4.78 is 10.9. The van der Waals surface area contributed by atoms with E-state index in [-0.39, 0.29) is 0 Å². The van der Waals surface area contributed by atoms with E-state index < -0.39 is 12.3 Å². The van der Waals surface area contributed by atoms with Crippen LogP contribution in [0, 0.1) is 0 Å². The van der Waals surface area contributed by atoms with Crippen molar-refractivity contribution in [3.63, 3.8) is 0 Å². The Morgan fingerprint density at radius 2 is 1.71 bits per heavy atom. The standard InChI is InChI=1S/C17H21NO3/c1-13(19)17(21-12-14-6-4-3-5-7-14)18-15-8-10-16(20-2)11-9-15/h3-11,13,17-19H,12H2,1-2H3. The number of hydrogen-bond donors (Lipinski definition) is 2. The molecular weight excluding hydrogens is 266 g/mol. The minimum atomic E-state index is -0.629. The zero-order valence-corrected chi connectivity index (χ0v) is 12.3. The summed E-state index contributed by atoms with van der Waals surface area (Å²) in [6, 6.07) is 17.4. The van der Waals surface area contributed by atoms with Gasteiger partial charge in [0, 0.05) is 5.69 Å². The highest BCUT2D eigenvalue weighted by Gasteiger charge is 2.15. The summed E-state index contributed by atoms with van der Waals surface area (Å²) in [4.78, 5) is 0. The fraction of sp³-hybridized carbons (Fsp3) is 0.294. The number of hydrogen-bond acceptors (Lipinski definition) is 4. The Hall–Kier alpha value is -2.04. The third-order valence-corrected chi connectivity index (χ3v) is 3.11. The van der Waals surface area contributed by atoms with E-state index in [0.29, 0.717) is 6.61 Å². The first-order valence-electron chi connectivity index (χ1n) is 6.93. The minimum absolute atomic E-state index is 0.444. The van der Waals surface area contributed by atoms with Crippen molar-refractivity contribution in [2.24, 2.45) is 0 Å². The van der Waals surface area contributed by atoms with E-state index in [0.717, 1.165) is 17.0 Å². The molecule has 4 nitrogen and oxygen atoms in total. The van der Waals surface area contributed by atoms with Gasteiger partial charge in [-0.15, -0.1) is 0 Å². The molecule has 2 N–H and O–H groups in total. The summed E-state index contributed by atoms with van der Waals surface area (Å²) in [7, 11) is 1.63. The van der Waals surface area contributed by atoms with E-state index in [1.165, 1.54) is 0 Å². The first-order valence-corrected chi connectivity index (χ1v) is 6.93. The number of ether oxygens (including phenoxy) is 2. The minimum Gasteiger partial charge on any atom is -0.497 e. The Balaban J connectivity index is 1.95. The molecule has 0 saturated heterocycles. The van der Waals surface area contributed by atoms with Gasteiger partial charge in [0.15, 0.2) is 6.23 Å². The van der Waals surface area contributed by atoms with Gasteiger partial charge in [-0.2, -0.15) is 0 Å². The van der Waals surface area contributed by atoms with Crippen LogP contribution in [0.5, 0.6) is 5.75 Å². The highest BCUT2D eigenvalue weighted by atomic mass is 16.5. The summed E-state index contributed by atoms with van der Waals surface area (Å²) in [5.41, 5.74) is 1.94. The van der Waals surface area contributed by atoms with Crippen molar-refractivity contribution in [3.05, 3.63) is 60.2 Å². The van der Waals surface area contributed by atoms with Gasteiger partial charge in [0.2, 0.25) is 0 Å². The topological polar surface area (TPSA) is 50.7 Å². The maximum atomic E-state index is 9.84. The second kappa shape index (κ2) is 7.67. The third kappa shape index (κ3) is 4.77. The van der Waals surface area contributed by atoms with Gasteiger partial charge in [-0.1, -0.05) is 30.3 Å². The average Bonchev–Trinajstić information content (AvgIpc) is 2.52. The summed E-state index contributed by atoms with van der Waals surface area (Å²) in [6.07, 6.45) is -1.10. The quantitative estimate of drug-likeness (QED) is 0.769. The van der Waals surface area contributed by atoms with E-state index in [2.05, 4.69) is 5.32 Å². The number of methoxy groups -OCH3 is 1. The number of aliphatic hydroxyl groups is 1. The van der Waals surface area contributed by atoms with Crippen molar-refractivity contribution in [1.82, 2.24) is 0 Å². The summed E-state index contributed by atoms with van der Waals surface area (Å²) >= 11 is 0. The molecule has 0 aliphatic rings. The van der Waals surface area contributed by atoms with Crippen LogP contribution in [0.4, 0.5) is 5.69 Å². The first-order chi connectivity index (χ1) is 10.2. The van der Waals surface area contributed by atoms with Gasteiger partial charge in [-0.25, -0.2) is 0 Å². The van der Waals surface area contributed by atoms with Crippen LogP contribution in [0.1, 0.15) is 12.5 Å². The Labute approximate surface area is 125 Å². The molecule has 0 aliphatic carbocycles. The molecule has 0 aliphatic heterocycles. The van der Waals surface area contributed by atoms with Gasteiger partial charge in [0.1, 0.15) is 5.75 Å². The highest BCUT2D eigenvalue weighted by Crippen LogP contribution is 2.17. The third-order valence-electron chi connectivity index (χ3n) is 3.11. The van der Waals surface area contributed by atoms with Crippen molar-refractivity contribution in [1.29, 1.82) is 0 Å². The van der Waals surface area contributed by atoms with E-state index in [9.17, 15) is 5.11 Å². The van der Waals surface area contributed by atoms with Crippen molar-refractivity contribution in [3.8, 4) is 5.75 Å². The second-order valence-electron chi connectivity index (χ2n) is 4.83. The molecule has 0 amide bonds. The number of aliphatic hydroxyl groups excluding tert-OH is 1. The monoisotopic (exact) mass is 287 g/mol. The van der Waals surface area contributed by atoms with E-state index in [4.69, 9.17) is 9.47 Å². The Bertz CT molecular complexity index is 525. The average molecular weight is 287 g/mol. The number of anilines is 1. The summed E-state index contributed by atoms with van der Waals surface area (Å²) in [6.45, 7) is 2.14. The van der Waals surface area contributed by atoms with Gasteiger partial charge in [-0.3, -0.25) is 0 Å². The van der Waals surface area contributed by atoms with Crippen LogP contribution < -0.4 is 10.1 Å². The zero-order chi connectivity index (χ0) is 15.1. The first kappa shape index (κ1) is 15.4. The van der Waals surface area contributed by atoms with Gasteiger partial charge >= 0.3 is 0 Å². The molecule has 0 spiro atoms. The molecule has 0 aromatic heterocycles. The number of rotatable bonds is 7. The van der Waals surface area contributed by atoms with Crippen LogP contribution in [-0.4, -0.2) is 24.5 Å². The molecule has 0 bridgehead atoms. The lowest BCUT2D eigenvalue weighted by Crippen LogP contribution is -2.34. The van der Waals surface area contributed by atoms with Crippen LogP contribution >= 0.6 is 0 Å². The summed E-state index contributed by atoms with van der Waals surface area (Å²) in [5.74, 6) is 0.791. The van der Waals surface area contributed by atoms with Crippen LogP contribution in [0.2, 0.25) is 0 Å². The molecule has 4 heteroatoms. The SMILES string of the molecule is COc1ccc(NC(OCc2ccccc2)C(C)O)cc1. The highest BCUT2D eigenvalue weighted by molar-refractivity contribution is 5.46. The Morgan fingerprint density at radius 1 is 1.05 bits per heavy atom. The van der Waals surface area contributed by atoms with Gasteiger partial charge in [0.05, 0.1) is 19.8 Å². The molecular formula is C17H21NO3. The zero-order valence-electron chi connectivity index (χ0n) is 12.3. The maximum absolute atomic E-state index is 9.84. The van der Waals surface area contributed by atoms with Crippen LogP contribution in [-0.2, 0) is 11.3 Å². The van der Waals surface area contributed by atoms with Crippen molar-refractivity contribution < 1.29 is 14.6 Å². The van der Waals surface area contributed by atoms with E-state index >= 15 is 0 Å². The van der Waals surface area contributed by atoms with E-state index in [1.54, 1.807) is 14.0 Å². The molecule has 0 saturated carbocycles. The molecule has 2 unspecified atom stereocenters. The molecule has 2 aromatic rings. The molecule has 0 heterocycles. The fourth-order valence-electron chi connectivity index (χ4n) is 1.91. The van der Waals surface area contributed by atoms with Crippen LogP contribution in [0.15, 0.2) is 54.6 Å². The normalized spacial score (nSPS) is 13.5. The fourth-order valence-corrected chi connectivity index (χ4v) is 1.91. The largest absolute Gasteiger partial charge is 0.497 e.